The van der Waals surface area contributed by atoms with Crippen LogP contribution in [0.25, 0.3) is 0 Å². The summed E-state index contributed by atoms with van der Waals surface area (Å²) < 4.78 is 1.54. The van der Waals surface area contributed by atoms with Crippen molar-refractivity contribution in [1.82, 2.24) is 14.5 Å². The number of aryl methyl sites for hydroxylation is 1. The number of hydrogen-bond donors (Lipinski definition) is 0. The van der Waals surface area contributed by atoms with Crippen LogP contribution in [0.5, 0.6) is 0 Å². The Balaban J connectivity index is 2.29. The third kappa shape index (κ3) is 2.93. The molecule has 1 aromatic carbocycles. The number of aromatic nitrogens is 2. The van der Waals surface area contributed by atoms with Gasteiger partial charge in [0.15, 0.2) is 0 Å². The van der Waals surface area contributed by atoms with E-state index in [1.807, 2.05) is 19.1 Å². The fourth-order valence-corrected chi connectivity index (χ4v) is 1.95. The summed E-state index contributed by atoms with van der Waals surface area (Å²) in [4.78, 5) is 29.0. The summed E-state index contributed by atoms with van der Waals surface area (Å²) in [7, 11) is 3.45. The van der Waals surface area contributed by atoms with Crippen LogP contribution in [0.3, 0.4) is 0 Å². The van der Waals surface area contributed by atoms with Gasteiger partial charge in [-0.1, -0.05) is 6.07 Å². The van der Waals surface area contributed by atoms with Crippen molar-refractivity contribution >= 4 is 5.91 Å². The molecular formula is C15H17N3O2. The van der Waals surface area contributed by atoms with Crippen LogP contribution < -0.4 is 5.56 Å². The van der Waals surface area contributed by atoms with Crippen LogP contribution in [-0.2, 0) is 6.54 Å². The molecule has 20 heavy (non-hydrogen) atoms. The Morgan fingerprint density at radius 2 is 2.05 bits per heavy atom. The van der Waals surface area contributed by atoms with E-state index in [0.29, 0.717) is 12.1 Å². The summed E-state index contributed by atoms with van der Waals surface area (Å²) in [6.45, 7) is 2.39. The third-order valence-corrected chi connectivity index (χ3v) is 3.13. The van der Waals surface area contributed by atoms with Gasteiger partial charge in [-0.05, 0) is 30.2 Å². The Hall–Kier alpha value is -2.43. The molecule has 0 saturated carbocycles. The Morgan fingerprint density at radius 3 is 2.65 bits per heavy atom. The molecule has 1 heterocycles. The molecular weight excluding hydrogens is 254 g/mol. The highest BCUT2D eigenvalue weighted by atomic mass is 16.2. The molecule has 0 aliphatic heterocycles. The minimum Gasteiger partial charge on any atom is -0.345 e. The van der Waals surface area contributed by atoms with Crippen LogP contribution in [0.1, 0.15) is 21.5 Å². The van der Waals surface area contributed by atoms with Gasteiger partial charge < -0.3 is 4.90 Å². The van der Waals surface area contributed by atoms with E-state index in [4.69, 9.17) is 0 Å². The number of nitrogens with zero attached hydrogens (tertiary/aromatic N) is 3. The summed E-state index contributed by atoms with van der Waals surface area (Å²) in [5, 5.41) is 0. The number of benzene rings is 1. The van der Waals surface area contributed by atoms with Crippen LogP contribution >= 0.6 is 0 Å². The zero-order valence-corrected chi connectivity index (χ0v) is 11.8. The van der Waals surface area contributed by atoms with Crippen LogP contribution in [0, 0.1) is 6.92 Å². The third-order valence-electron chi connectivity index (χ3n) is 3.13. The highest BCUT2D eigenvalue weighted by molar-refractivity contribution is 5.94. The maximum atomic E-state index is 11.9. The van der Waals surface area contributed by atoms with Gasteiger partial charge >= 0.3 is 0 Å². The molecule has 0 radical (unpaired) electrons. The van der Waals surface area contributed by atoms with Gasteiger partial charge in [-0.3, -0.25) is 14.2 Å². The highest BCUT2D eigenvalue weighted by Crippen LogP contribution is 2.13. The van der Waals surface area contributed by atoms with Gasteiger partial charge in [0.2, 0.25) is 0 Å². The maximum Gasteiger partial charge on any atom is 0.253 e. The van der Waals surface area contributed by atoms with Crippen LogP contribution in [0.2, 0.25) is 0 Å². The van der Waals surface area contributed by atoms with E-state index in [0.717, 1.165) is 11.1 Å². The molecule has 2 rings (SSSR count). The smallest absolute Gasteiger partial charge is 0.253 e. The lowest BCUT2D eigenvalue weighted by Gasteiger charge is -2.13. The van der Waals surface area contributed by atoms with Crippen molar-refractivity contribution in [3.8, 4) is 0 Å². The summed E-state index contributed by atoms with van der Waals surface area (Å²) in [5.74, 6) is -0.0294. The van der Waals surface area contributed by atoms with Crippen molar-refractivity contribution in [1.29, 1.82) is 0 Å². The molecule has 1 aromatic heterocycles. The Kier molecular flexibility index (Phi) is 3.98. The number of hydrogen-bond acceptors (Lipinski definition) is 3. The van der Waals surface area contributed by atoms with E-state index in [2.05, 4.69) is 4.98 Å². The van der Waals surface area contributed by atoms with Crippen molar-refractivity contribution < 1.29 is 4.79 Å². The molecule has 104 valence electrons. The average molecular weight is 271 g/mol. The lowest BCUT2D eigenvalue weighted by molar-refractivity contribution is 0.0827. The van der Waals surface area contributed by atoms with E-state index >= 15 is 0 Å². The van der Waals surface area contributed by atoms with Gasteiger partial charge in [0.25, 0.3) is 11.5 Å². The SMILES string of the molecule is Cc1cc(C(=O)N(C)C)ccc1Cn1cnccc1=O. The second-order valence-corrected chi connectivity index (χ2v) is 4.89. The van der Waals surface area contributed by atoms with Crippen LogP contribution in [0.4, 0.5) is 0 Å². The van der Waals surface area contributed by atoms with Crippen LogP contribution in [0.15, 0.2) is 41.6 Å². The molecule has 1 amide bonds. The summed E-state index contributed by atoms with van der Waals surface area (Å²) >= 11 is 0. The van der Waals surface area contributed by atoms with Crippen molar-refractivity contribution in [2.75, 3.05) is 14.1 Å². The Morgan fingerprint density at radius 1 is 1.30 bits per heavy atom. The molecule has 5 heteroatoms. The van der Waals surface area contributed by atoms with Crippen molar-refractivity contribution in [3.63, 3.8) is 0 Å². The first-order valence-corrected chi connectivity index (χ1v) is 6.30. The zero-order chi connectivity index (χ0) is 14.7. The standard InChI is InChI=1S/C15H17N3O2/c1-11-8-12(15(20)17(2)3)4-5-13(11)9-18-10-16-7-6-14(18)19/h4-8,10H,9H2,1-3H3. The Bertz CT molecular complexity index is 690. The van der Waals surface area contributed by atoms with E-state index in [1.165, 1.54) is 23.2 Å². The lowest BCUT2D eigenvalue weighted by Crippen LogP contribution is -2.22. The van der Waals surface area contributed by atoms with Gasteiger partial charge in [-0.25, -0.2) is 4.98 Å². The highest BCUT2D eigenvalue weighted by Gasteiger charge is 2.10. The summed E-state index contributed by atoms with van der Waals surface area (Å²) in [5.41, 5.74) is 2.53. The summed E-state index contributed by atoms with van der Waals surface area (Å²) in [6, 6.07) is 6.94. The molecule has 2 aromatic rings. The number of carbonyl (C=O) groups excluding carboxylic acids is 1. The monoisotopic (exact) mass is 271 g/mol. The van der Waals surface area contributed by atoms with E-state index < -0.39 is 0 Å². The van der Waals surface area contributed by atoms with E-state index in [-0.39, 0.29) is 11.5 Å². The Labute approximate surface area is 117 Å². The molecule has 5 nitrogen and oxygen atoms in total. The fraction of sp³-hybridized carbons (Fsp3) is 0.267. The van der Waals surface area contributed by atoms with Gasteiger partial charge in [-0.15, -0.1) is 0 Å². The first kappa shape index (κ1) is 14.0. The lowest BCUT2D eigenvalue weighted by atomic mass is 10.0. The molecule has 0 saturated heterocycles. The molecule has 0 bridgehead atoms. The molecule has 0 aliphatic carbocycles. The minimum absolute atomic E-state index is 0.0294. The number of carbonyl (C=O) groups is 1. The first-order chi connectivity index (χ1) is 9.49. The predicted octanol–water partition coefficient (Wildman–Crippen LogP) is 1.30. The molecule has 0 spiro atoms. The largest absolute Gasteiger partial charge is 0.345 e. The normalized spacial score (nSPS) is 10.3. The quantitative estimate of drug-likeness (QED) is 0.845. The van der Waals surface area contributed by atoms with Crippen molar-refractivity contribution in [2.24, 2.45) is 0 Å². The second-order valence-electron chi connectivity index (χ2n) is 4.89. The zero-order valence-electron chi connectivity index (χ0n) is 11.8. The predicted molar refractivity (Wildman–Crippen MR) is 76.8 cm³/mol. The summed E-state index contributed by atoms with van der Waals surface area (Å²) in [6.07, 6.45) is 2.99. The van der Waals surface area contributed by atoms with Crippen molar-refractivity contribution in [3.05, 3.63) is 63.8 Å². The average Bonchev–Trinajstić information content (AvgIpc) is 2.42. The fourth-order valence-electron chi connectivity index (χ4n) is 1.95. The van der Waals surface area contributed by atoms with Gasteiger partial charge in [-0.2, -0.15) is 0 Å². The topological polar surface area (TPSA) is 55.2 Å². The number of rotatable bonds is 3. The van der Waals surface area contributed by atoms with Crippen LogP contribution in [-0.4, -0.2) is 34.5 Å². The van der Waals surface area contributed by atoms with E-state index in [1.54, 1.807) is 25.1 Å². The molecule has 0 unspecified atom stereocenters. The van der Waals surface area contributed by atoms with E-state index in [9.17, 15) is 9.59 Å². The second kappa shape index (κ2) is 5.69. The molecule has 0 aliphatic rings. The molecule has 0 fully saturated rings. The van der Waals surface area contributed by atoms with Gasteiger partial charge in [0.1, 0.15) is 0 Å². The first-order valence-electron chi connectivity index (χ1n) is 6.30. The van der Waals surface area contributed by atoms with Gasteiger partial charge in [0.05, 0.1) is 12.9 Å². The molecule has 0 atom stereocenters. The molecule has 0 N–H and O–H groups in total. The van der Waals surface area contributed by atoms with Gasteiger partial charge in [0, 0.05) is 31.9 Å². The number of amides is 1. The minimum atomic E-state index is -0.0900. The maximum absolute atomic E-state index is 11.9. The van der Waals surface area contributed by atoms with Crippen molar-refractivity contribution in [2.45, 2.75) is 13.5 Å².